The molecule has 220 valence electrons. The summed E-state index contributed by atoms with van der Waals surface area (Å²) in [5, 5.41) is 13.0. The van der Waals surface area contributed by atoms with Crippen molar-refractivity contribution in [3.63, 3.8) is 0 Å². The largest absolute Gasteiger partial charge is 0.477 e. The Kier molecular flexibility index (Phi) is 9.08. The minimum atomic E-state index is -4.98. The van der Waals surface area contributed by atoms with Gasteiger partial charge in [0.1, 0.15) is 10.0 Å². The van der Waals surface area contributed by atoms with Crippen LogP contribution in [0.3, 0.4) is 0 Å². The molecule has 0 unspecified atom stereocenters. The first-order valence-electron chi connectivity index (χ1n) is 11.7. The second kappa shape index (κ2) is 12.2. The molecule has 0 bridgehead atoms. The average molecular weight is 646 g/mol. The Morgan fingerprint density at radius 3 is 2.31 bits per heavy atom. The molecule has 7 nitrogen and oxygen atoms in total. The lowest BCUT2D eigenvalue weighted by Crippen LogP contribution is -2.33. The van der Waals surface area contributed by atoms with Crippen molar-refractivity contribution in [3.05, 3.63) is 80.1 Å². The van der Waals surface area contributed by atoms with Crippen molar-refractivity contribution in [2.24, 2.45) is 0 Å². The van der Waals surface area contributed by atoms with Gasteiger partial charge in [0.25, 0.3) is 5.91 Å². The molecule has 1 aromatic carbocycles. The minimum Gasteiger partial charge on any atom is -0.477 e. The number of thiophene rings is 1. The molecule has 0 atom stereocenters. The van der Waals surface area contributed by atoms with E-state index in [0.717, 1.165) is 23.1 Å². The van der Waals surface area contributed by atoms with Crippen molar-refractivity contribution in [3.8, 4) is 11.1 Å². The first-order chi connectivity index (χ1) is 19.6. The average Bonchev–Trinajstić information content (AvgIpc) is 3.49. The molecule has 0 saturated carbocycles. The Balaban J connectivity index is 1.42. The molecule has 2 N–H and O–H groups in total. The van der Waals surface area contributed by atoms with E-state index in [1.807, 2.05) is 0 Å². The Morgan fingerprint density at radius 2 is 1.69 bits per heavy atom. The fraction of sp³-hybridized carbons (Fsp3) is 0.192. The summed E-state index contributed by atoms with van der Waals surface area (Å²) >= 11 is 7.21. The predicted octanol–water partition coefficient (Wildman–Crippen LogP) is 6.45. The molecule has 0 radical (unpaired) electrons. The number of nitrogens with one attached hydrogen (secondary N) is 1. The van der Waals surface area contributed by atoms with Crippen LogP contribution in [0, 0.1) is 0 Å². The molecule has 3 aromatic rings. The van der Waals surface area contributed by atoms with Crippen molar-refractivity contribution in [1.82, 2.24) is 15.2 Å². The van der Waals surface area contributed by atoms with Gasteiger partial charge in [-0.15, -0.1) is 11.3 Å². The number of carboxylic acid groups (broad SMARTS) is 1. The summed E-state index contributed by atoms with van der Waals surface area (Å²) in [6.07, 6.45) is -7.36. The number of carboxylic acids is 1. The number of hydrogen-bond acceptors (Lipinski definition) is 7. The van der Waals surface area contributed by atoms with E-state index in [-0.39, 0.29) is 51.6 Å². The predicted molar refractivity (Wildman–Crippen MR) is 147 cm³/mol. The van der Waals surface area contributed by atoms with Crippen molar-refractivity contribution in [2.45, 2.75) is 25.3 Å². The number of aromatic carboxylic acids is 1. The number of thiocarbonyl (C=S) groups is 1. The van der Waals surface area contributed by atoms with Crippen molar-refractivity contribution in [1.29, 1.82) is 0 Å². The van der Waals surface area contributed by atoms with Gasteiger partial charge in [-0.2, -0.15) is 26.3 Å². The van der Waals surface area contributed by atoms with Gasteiger partial charge in [0.05, 0.1) is 16.0 Å². The third-order valence-electron chi connectivity index (χ3n) is 5.78. The topological polar surface area (TPSA) is 99.6 Å². The quantitative estimate of drug-likeness (QED) is 0.165. The van der Waals surface area contributed by atoms with Crippen LogP contribution in [-0.2, 0) is 28.5 Å². The molecule has 3 heterocycles. The summed E-state index contributed by atoms with van der Waals surface area (Å²) in [5.74, 6) is -2.15. The first kappa shape index (κ1) is 31.2. The second-order valence-electron chi connectivity index (χ2n) is 8.75. The van der Waals surface area contributed by atoms with Crippen LogP contribution in [0.2, 0.25) is 0 Å². The number of alkyl halides is 6. The zero-order valence-electron chi connectivity index (χ0n) is 20.9. The highest BCUT2D eigenvalue weighted by atomic mass is 32.2. The van der Waals surface area contributed by atoms with E-state index >= 15 is 0 Å². The molecule has 2 aromatic heterocycles. The normalized spacial score (nSPS) is 15.0. The van der Waals surface area contributed by atoms with E-state index in [1.54, 1.807) is 0 Å². The van der Waals surface area contributed by atoms with Crippen LogP contribution in [-0.4, -0.2) is 43.6 Å². The number of aromatic nitrogens is 1. The summed E-state index contributed by atoms with van der Waals surface area (Å²) < 4.78 is 79.6. The zero-order chi connectivity index (χ0) is 30.8. The van der Waals surface area contributed by atoms with Gasteiger partial charge < -0.3 is 10.4 Å². The number of hydrogen-bond donors (Lipinski definition) is 2. The highest BCUT2D eigenvalue weighted by Crippen LogP contribution is 2.40. The molecule has 42 heavy (non-hydrogen) atoms. The van der Waals surface area contributed by atoms with Gasteiger partial charge in [-0.25, -0.2) is 9.78 Å². The minimum absolute atomic E-state index is 0.0387. The molecule has 0 spiro atoms. The van der Waals surface area contributed by atoms with Gasteiger partial charge in [0, 0.05) is 30.6 Å². The van der Waals surface area contributed by atoms with Crippen molar-refractivity contribution < 1.29 is 45.8 Å². The Morgan fingerprint density at radius 1 is 1.02 bits per heavy atom. The lowest BCUT2D eigenvalue weighted by atomic mass is 10.0. The lowest BCUT2D eigenvalue weighted by Gasteiger charge is -2.14. The molecular weight excluding hydrogens is 628 g/mol. The molecule has 1 fully saturated rings. The molecule has 1 saturated heterocycles. The fourth-order valence-corrected chi connectivity index (χ4v) is 5.95. The van der Waals surface area contributed by atoms with Gasteiger partial charge in [-0.1, -0.05) is 24.0 Å². The fourth-order valence-electron chi connectivity index (χ4n) is 3.73. The molecule has 4 rings (SSSR count). The van der Waals surface area contributed by atoms with Crippen LogP contribution in [0.15, 0.2) is 52.9 Å². The van der Waals surface area contributed by atoms with Gasteiger partial charge in [0.15, 0.2) is 0 Å². The Labute approximate surface area is 247 Å². The Bertz CT molecular complexity index is 1570. The molecular formula is C26H17F6N3O4S3. The smallest absolute Gasteiger partial charge is 0.416 e. The van der Waals surface area contributed by atoms with Gasteiger partial charge in [-0.05, 0) is 64.5 Å². The van der Waals surface area contributed by atoms with E-state index in [0.29, 0.717) is 22.6 Å². The number of nitrogens with zero attached hydrogens (tertiary/aromatic N) is 2. The number of thioether (sulfide) groups is 1. The highest BCUT2D eigenvalue weighted by Gasteiger charge is 2.37. The van der Waals surface area contributed by atoms with Crippen LogP contribution < -0.4 is 5.32 Å². The number of rotatable bonds is 8. The maximum atomic E-state index is 13.2. The monoisotopic (exact) mass is 645 g/mol. The van der Waals surface area contributed by atoms with E-state index in [4.69, 9.17) is 17.3 Å². The summed E-state index contributed by atoms with van der Waals surface area (Å²) in [6.45, 7) is -0.0122. The third kappa shape index (κ3) is 7.54. The van der Waals surface area contributed by atoms with Crippen LogP contribution in [0.1, 0.15) is 38.5 Å². The molecule has 0 aliphatic carbocycles. The van der Waals surface area contributed by atoms with E-state index in [9.17, 15) is 40.7 Å². The number of carbonyl (C=O) groups excluding carboxylic acids is 2. The lowest BCUT2D eigenvalue weighted by molar-refractivity contribution is -0.143. The van der Waals surface area contributed by atoms with Crippen molar-refractivity contribution in [2.75, 3.05) is 6.54 Å². The third-order valence-corrected chi connectivity index (χ3v) is 8.04. The highest BCUT2D eigenvalue weighted by molar-refractivity contribution is 8.26. The summed E-state index contributed by atoms with van der Waals surface area (Å²) in [4.78, 5) is 41.7. The van der Waals surface area contributed by atoms with E-state index in [2.05, 4.69) is 10.3 Å². The molecule has 16 heteroatoms. The first-order valence-corrected chi connectivity index (χ1v) is 13.8. The standard InChI is InChI=1S/C26H17F6N3O4S3/c27-25(28,29)16-6-14(7-17(9-16)26(30,31)32)15-8-18(41-12-15)10-20-22(37)35(24(40)42-20)4-2-21(36)34-11-13-1-3-33-19(5-13)23(38)39/h1,3,5-10,12H,2,4,11H2,(H,34,36)(H,38,39)/b20-10-. The molecule has 1 aliphatic heterocycles. The number of amides is 2. The molecule has 1 aliphatic rings. The SMILES string of the molecule is O=C(CCN1C(=O)/C(=C/c2cc(-c3cc(C(F)(F)F)cc(C(F)(F)F)c3)cs2)SC1=S)NCc1ccnc(C(=O)O)c1. The van der Waals surface area contributed by atoms with E-state index < -0.39 is 41.3 Å². The van der Waals surface area contributed by atoms with Gasteiger partial charge in [0.2, 0.25) is 5.91 Å². The zero-order valence-corrected chi connectivity index (χ0v) is 23.3. The van der Waals surface area contributed by atoms with Crippen LogP contribution in [0.5, 0.6) is 0 Å². The Hall–Kier alpha value is -3.76. The summed E-state index contributed by atoms with van der Waals surface area (Å²) in [5.41, 5.74) is -2.70. The number of carbonyl (C=O) groups is 3. The second-order valence-corrected chi connectivity index (χ2v) is 11.4. The number of benzene rings is 1. The number of halogens is 6. The number of pyridine rings is 1. The summed E-state index contributed by atoms with van der Waals surface area (Å²) in [6, 6.07) is 5.54. The van der Waals surface area contributed by atoms with Crippen molar-refractivity contribution >= 4 is 63.5 Å². The van der Waals surface area contributed by atoms with Crippen LogP contribution in [0.25, 0.3) is 17.2 Å². The molecule has 2 amide bonds. The van der Waals surface area contributed by atoms with Crippen LogP contribution in [0.4, 0.5) is 26.3 Å². The van der Waals surface area contributed by atoms with E-state index in [1.165, 1.54) is 40.8 Å². The van der Waals surface area contributed by atoms with Crippen LogP contribution >= 0.6 is 35.3 Å². The maximum absolute atomic E-state index is 13.2. The summed E-state index contributed by atoms with van der Waals surface area (Å²) in [7, 11) is 0. The van der Waals surface area contributed by atoms with Gasteiger partial charge in [-0.3, -0.25) is 14.5 Å². The van der Waals surface area contributed by atoms with Gasteiger partial charge >= 0.3 is 18.3 Å². The maximum Gasteiger partial charge on any atom is 0.416 e.